The van der Waals surface area contributed by atoms with E-state index in [1.54, 1.807) is 0 Å². The Hall–Kier alpha value is -3.26. The quantitative estimate of drug-likeness (QED) is 0.632. The summed E-state index contributed by atoms with van der Waals surface area (Å²) >= 11 is 0. The highest BCUT2D eigenvalue weighted by molar-refractivity contribution is 6.35. The average Bonchev–Trinajstić information content (AvgIpc) is 2.68. The van der Waals surface area contributed by atoms with Gasteiger partial charge in [0.15, 0.2) is 0 Å². The van der Waals surface area contributed by atoms with Crippen molar-refractivity contribution in [2.24, 2.45) is 0 Å². The molecule has 0 aliphatic carbocycles. The number of likely N-dealkylation sites (N-methyl/N-ethyl adjacent to an activating group) is 1. The second-order valence-electron chi connectivity index (χ2n) is 6.06. The Kier molecular flexibility index (Phi) is 7.45. The van der Waals surface area contributed by atoms with Gasteiger partial charge in [-0.15, -0.1) is 0 Å². The summed E-state index contributed by atoms with van der Waals surface area (Å²) in [6, 6.07) is 15.4. The molecule has 0 fully saturated rings. The Labute approximate surface area is 160 Å². The van der Waals surface area contributed by atoms with Gasteiger partial charge in [0.1, 0.15) is 5.75 Å². The predicted molar refractivity (Wildman–Crippen MR) is 105 cm³/mol. The molecular weight excluding hydrogens is 340 g/mol. The van der Waals surface area contributed by atoms with E-state index in [0.29, 0.717) is 13.0 Å². The minimum absolute atomic E-state index is 0.143. The van der Waals surface area contributed by atoms with Gasteiger partial charge in [0.05, 0.1) is 6.61 Å². The Morgan fingerprint density at radius 2 is 1.52 bits per heavy atom. The van der Waals surface area contributed by atoms with E-state index in [4.69, 9.17) is 4.74 Å². The molecule has 1 unspecified atom stereocenters. The second-order valence-corrected chi connectivity index (χ2v) is 6.06. The third-order valence-electron chi connectivity index (χ3n) is 3.82. The van der Waals surface area contributed by atoms with Crippen LogP contribution in [0.4, 0.5) is 0 Å². The summed E-state index contributed by atoms with van der Waals surface area (Å²) in [7, 11) is 1.43. The number of carbonyl (C=O) groups is 2. The van der Waals surface area contributed by atoms with Crippen molar-refractivity contribution in [2.75, 3.05) is 13.7 Å². The zero-order valence-corrected chi connectivity index (χ0v) is 15.8. The van der Waals surface area contributed by atoms with E-state index < -0.39 is 11.8 Å². The first-order valence-electron chi connectivity index (χ1n) is 8.88. The minimum atomic E-state index is -0.637. The third-order valence-corrected chi connectivity index (χ3v) is 3.82. The maximum Gasteiger partial charge on any atom is 0.309 e. The molecule has 0 saturated carbocycles. The monoisotopic (exact) mass is 364 g/mol. The number of rotatable bonds is 5. The summed E-state index contributed by atoms with van der Waals surface area (Å²) < 4.78 is 5.42. The second kappa shape index (κ2) is 10.0. The molecule has 0 aliphatic rings. The lowest BCUT2D eigenvalue weighted by Gasteiger charge is -2.13. The zero-order chi connectivity index (χ0) is 19.6. The van der Waals surface area contributed by atoms with E-state index in [9.17, 15) is 9.59 Å². The number of carbonyl (C=O) groups excluding carboxylic acids is 2. The van der Waals surface area contributed by atoms with Gasteiger partial charge in [-0.1, -0.05) is 24.0 Å². The minimum Gasteiger partial charge on any atom is -0.494 e. The van der Waals surface area contributed by atoms with Crippen molar-refractivity contribution >= 4 is 11.8 Å². The van der Waals surface area contributed by atoms with E-state index in [2.05, 4.69) is 22.5 Å². The molecule has 27 heavy (non-hydrogen) atoms. The molecule has 0 radical (unpaired) electrons. The Balaban J connectivity index is 1.93. The van der Waals surface area contributed by atoms with Crippen molar-refractivity contribution in [3.8, 4) is 17.6 Å². The maximum absolute atomic E-state index is 11.6. The Morgan fingerprint density at radius 1 is 0.963 bits per heavy atom. The van der Waals surface area contributed by atoms with E-state index in [1.165, 1.54) is 7.05 Å². The number of hydrogen-bond donors (Lipinski definition) is 2. The topological polar surface area (TPSA) is 67.4 Å². The molecule has 140 valence electrons. The molecular formula is C22H24N2O3. The first kappa shape index (κ1) is 20.1. The van der Waals surface area contributed by atoms with Crippen LogP contribution >= 0.6 is 0 Å². The van der Waals surface area contributed by atoms with Crippen molar-refractivity contribution < 1.29 is 14.3 Å². The molecule has 1 atom stereocenters. The van der Waals surface area contributed by atoms with Gasteiger partial charge >= 0.3 is 11.8 Å². The number of hydrogen-bond acceptors (Lipinski definition) is 3. The van der Waals surface area contributed by atoms with E-state index in [-0.39, 0.29) is 6.04 Å². The van der Waals surface area contributed by atoms with Gasteiger partial charge in [-0.05, 0) is 62.2 Å². The lowest BCUT2D eigenvalue weighted by Crippen LogP contribution is -2.43. The molecule has 0 heterocycles. The molecule has 2 aromatic rings. The molecule has 0 aromatic heterocycles. The highest BCUT2D eigenvalue weighted by Gasteiger charge is 2.14. The molecule has 0 aliphatic heterocycles. The molecule has 0 spiro atoms. The van der Waals surface area contributed by atoms with Crippen LogP contribution in [0.3, 0.4) is 0 Å². The number of nitrogens with one attached hydrogen (secondary N) is 2. The van der Waals surface area contributed by atoms with Crippen LogP contribution in [0.5, 0.6) is 5.75 Å². The summed E-state index contributed by atoms with van der Waals surface area (Å²) in [5, 5.41) is 4.97. The largest absolute Gasteiger partial charge is 0.494 e. The smallest absolute Gasteiger partial charge is 0.309 e. The van der Waals surface area contributed by atoms with E-state index >= 15 is 0 Å². The number of benzene rings is 2. The molecule has 5 heteroatoms. The van der Waals surface area contributed by atoms with Gasteiger partial charge in [-0.25, -0.2) is 0 Å². The Morgan fingerprint density at radius 3 is 2.04 bits per heavy atom. The van der Waals surface area contributed by atoms with Gasteiger partial charge in [-0.3, -0.25) is 9.59 Å². The number of ether oxygens (including phenoxy) is 1. The van der Waals surface area contributed by atoms with Gasteiger partial charge in [0, 0.05) is 24.2 Å². The standard InChI is InChI=1S/C22H24N2O3/c1-4-27-20-13-11-18(12-14-20)6-5-17-7-9-19(10-8-17)15-16(2)24-22(26)21(25)23-3/h7-14,16H,4,15H2,1-3H3,(H,23,25)(H,24,26). The summed E-state index contributed by atoms with van der Waals surface area (Å²) in [6.45, 7) is 4.46. The number of amides is 2. The fourth-order valence-electron chi connectivity index (χ4n) is 2.48. The van der Waals surface area contributed by atoms with E-state index in [0.717, 1.165) is 22.4 Å². The lowest BCUT2D eigenvalue weighted by molar-refractivity contribution is -0.139. The first-order chi connectivity index (χ1) is 13.0. The fourth-order valence-corrected chi connectivity index (χ4v) is 2.48. The van der Waals surface area contributed by atoms with Gasteiger partial charge in [0.25, 0.3) is 0 Å². The van der Waals surface area contributed by atoms with Crippen LogP contribution in [0.15, 0.2) is 48.5 Å². The highest BCUT2D eigenvalue weighted by atomic mass is 16.5. The summed E-state index contributed by atoms with van der Waals surface area (Å²) in [6.07, 6.45) is 0.634. The average molecular weight is 364 g/mol. The molecule has 2 N–H and O–H groups in total. The first-order valence-corrected chi connectivity index (χ1v) is 8.88. The normalized spacial score (nSPS) is 10.9. The van der Waals surface area contributed by atoms with Crippen LogP contribution < -0.4 is 15.4 Å². The van der Waals surface area contributed by atoms with Crippen LogP contribution in [-0.4, -0.2) is 31.5 Å². The highest BCUT2D eigenvalue weighted by Crippen LogP contribution is 2.12. The van der Waals surface area contributed by atoms with E-state index in [1.807, 2.05) is 62.4 Å². The molecule has 0 saturated heterocycles. The molecule has 2 rings (SSSR count). The Bertz CT molecular complexity index is 831. The van der Waals surface area contributed by atoms with Crippen LogP contribution in [0.2, 0.25) is 0 Å². The molecule has 5 nitrogen and oxygen atoms in total. The zero-order valence-electron chi connectivity index (χ0n) is 15.8. The summed E-state index contributed by atoms with van der Waals surface area (Å²) in [4.78, 5) is 22.8. The maximum atomic E-state index is 11.6. The van der Waals surface area contributed by atoms with Crippen molar-refractivity contribution in [3.05, 3.63) is 65.2 Å². The molecule has 2 amide bonds. The molecule has 2 aromatic carbocycles. The SMILES string of the molecule is CCOc1ccc(C#Cc2ccc(CC(C)NC(=O)C(=O)NC)cc2)cc1. The van der Waals surface area contributed by atoms with Gasteiger partial charge in [-0.2, -0.15) is 0 Å². The van der Waals surface area contributed by atoms with Crippen molar-refractivity contribution in [2.45, 2.75) is 26.3 Å². The van der Waals surface area contributed by atoms with Gasteiger partial charge in [0.2, 0.25) is 0 Å². The fraction of sp³-hybridized carbons (Fsp3) is 0.273. The van der Waals surface area contributed by atoms with Gasteiger partial charge < -0.3 is 15.4 Å². The van der Waals surface area contributed by atoms with Crippen LogP contribution in [-0.2, 0) is 16.0 Å². The van der Waals surface area contributed by atoms with Crippen LogP contribution in [0.25, 0.3) is 0 Å². The van der Waals surface area contributed by atoms with Crippen molar-refractivity contribution in [1.82, 2.24) is 10.6 Å². The third kappa shape index (κ3) is 6.52. The lowest BCUT2D eigenvalue weighted by atomic mass is 10.0. The van der Waals surface area contributed by atoms with Crippen molar-refractivity contribution in [3.63, 3.8) is 0 Å². The van der Waals surface area contributed by atoms with Crippen molar-refractivity contribution in [1.29, 1.82) is 0 Å². The van der Waals surface area contributed by atoms with Crippen LogP contribution in [0, 0.1) is 11.8 Å². The summed E-state index contributed by atoms with van der Waals surface area (Å²) in [5.41, 5.74) is 2.90. The molecule has 0 bridgehead atoms. The summed E-state index contributed by atoms with van der Waals surface area (Å²) in [5.74, 6) is 5.84. The van der Waals surface area contributed by atoms with Crippen LogP contribution in [0.1, 0.15) is 30.5 Å². The predicted octanol–water partition coefficient (Wildman–Crippen LogP) is 2.28.